The molecule has 0 saturated heterocycles. The molecule has 2 N–H and O–H groups in total. The van der Waals surface area contributed by atoms with Crippen LogP contribution >= 0.6 is 22.9 Å². The number of ether oxygens (including phenoxy) is 1. The highest BCUT2D eigenvalue weighted by Gasteiger charge is 2.23. The van der Waals surface area contributed by atoms with Gasteiger partial charge in [0.05, 0.1) is 11.4 Å². The van der Waals surface area contributed by atoms with Gasteiger partial charge >= 0.3 is 0 Å². The molecule has 3 aromatic rings. The quantitative estimate of drug-likeness (QED) is 0.580. The van der Waals surface area contributed by atoms with Crippen molar-refractivity contribution in [3.63, 3.8) is 0 Å². The van der Waals surface area contributed by atoms with Gasteiger partial charge in [-0.1, -0.05) is 18.5 Å². The van der Waals surface area contributed by atoms with Crippen molar-refractivity contribution in [3.05, 3.63) is 55.9 Å². The first kappa shape index (κ1) is 19.4. The minimum absolute atomic E-state index is 0.0156. The van der Waals surface area contributed by atoms with Crippen LogP contribution in [0.15, 0.2) is 29.1 Å². The molecule has 0 spiro atoms. The van der Waals surface area contributed by atoms with Gasteiger partial charge in [0.15, 0.2) is 0 Å². The van der Waals surface area contributed by atoms with Gasteiger partial charge in [-0.3, -0.25) is 4.79 Å². The lowest BCUT2D eigenvalue weighted by Crippen LogP contribution is -2.27. The molecule has 148 valence electrons. The normalized spacial score (nSPS) is 17.5. The Kier molecular flexibility index (Phi) is 5.71. The Morgan fingerprint density at radius 1 is 1.39 bits per heavy atom. The van der Waals surface area contributed by atoms with Crippen LogP contribution in [0, 0.1) is 5.92 Å². The van der Waals surface area contributed by atoms with Gasteiger partial charge in [-0.15, -0.1) is 11.3 Å². The molecular weight excluding hydrogens is 394 g/mol. The number of nitrogens with zero attached hydrogens (tertiary/aromatic N) is 1. The molecule has 1 aromatic carbocycles. The molecular formula is C21H24ClN3O2S. The lowest BCUT2D eigenvalue weighted by atomic mass is 9.89. The van der Waals surface area contributed by atoms with Crippen molar-refractivity contribution in [1.82, 2.24) is 15.3 Å². The minimum atomic E-state index is -0.0658. The monoisotopic (exact) mass is 417 g/mol. The summed E-state index contributed by atoms with van der Waals surface area (Å²) in [5.74, 6) is 2.14. The Bertz CT molecular complexity index is 1030. The van der Waals surface area contributed by atoms with E-state index >= 15 is 0 Å². The van der Waals surface area contributed by atoms with E-state index in [1.165, 1.54) is 10.4 Å². The molecule has 0 unspecified atom stereocenters. The lowest BCUT2D eigenvalue weighted by molar-refractivity contribution is 0.306. The summed E-state index contributed by atoms with van der Waals surface area (Å²) in [6.07, 6.45) is 3.18. The molecule has 0 saturated carbocycles. The first-order valence-electron chi connectivity index (χ1n) is 9.67. The Hall–Kier alpha value is -1.89. The highest BCUT2D eigenvalue weighted by molar-refractivity contribution is 7.18. The molecule has 0 aliphatic heterocycles. The van der Waals surface area contributed by atoms with Crippen molar-refractivity contribution in [2.45, 2.75) is 39.2 Å². The van der Waals surface area contributed by atoms with E-state index in [9.17, 15) is 4.79 Å². The molecule has 5 nitrogen and oxygen atoms in total. The van der Waals surface area contributed by atoms with Gasteiger partial charge in [0.25, 0.3) is 5.56 Å². The summed E-state index contributed by atoms with van der Waals surface area (Å²) in [5.41, 5.74) is 1.20. The second-order valence-electron chi connectivity index (χ2n) is 7.46. The molecule has 4 rings (SSSR count). The van der Waals surface area contributed by atoms with E-state index in [-0.39, 0.29) is 11.6 Å². The highest BCUT2D eigenvalue weighted by Crippen LogP contribution is 2.35. The highest BCUT2D eigenvalue weighted by atomic mass is 35.5. The van der Waals surface area contributed by atoms with Crippen LogP contribution in [0.5, 0.6) is 5.75 Å². The number of aromatic nitrogens is 2. The van der Waals surface area contributed by atoms with Gasteiger partial charge in [0, 0.05) is 16.4 Å². The van der Waals surface area contributed by atoms with Gasteiger partial charge in [0.2, 0.25) is 0 Å². The van der Waals surface area contributed by atoms with Crippen LogP contribution in [0.4, 0.5) is 0 Å². The first-order valence-corrected chi connectivity index (χ1v) is 10.9. The van der Waals surface area contributed by atoms with Gasteiger partial charge < -0.3 is 15.0 Å². The summed E-state index contributed by atoms with van der Waals surface area (Å²) in [5, 5.41) is 4.85. The summed E-state index contributed by atoms with van der Waals surface area (Å²) in [7, 11) is 0. The number of thiophene rings is 1. The van der Waals surface area contributed by atoms with Crippen LogP contribution in [0.25, 0.3) is 10.2 Å². The lowest BCUT2D eigenvalue weighted by Gasteiger charge is -2.17. The predicted octanol–water partition coefficient (Wildman–Crippen LogP) is 4.49. The van der Waals surface area contributed by atoms with Crippen LogP contribution in [-0.2, 0) is 12.8 Å². The fourth-order valence-corrected chi connectivity index (χ4v) is 5.16. The molecule has 1 aliphatic rings. The average Bonchev–Trinajstić information content (AvgIpc) is 3.04. The molecule has 28 heavy (non-hydrogen) atoms. The number of rotatable bonds is 6. The van der Waals surface area contributed by atoms with E-state index in [1.807, 2.05) is 19.1 Å². The largest absolute Gasteiger partial charge is 0.492 e. The summed E-state index contributed by atoms with van der Waals surface area (Å²) in [6.45, 7) is 5.43. The third kappa shape index (κ3) is 4.09. The zero-order valence-corrected chi connectivity index (χ0v) is 17.6. The Labute approximate surface area is 173 Å². The smallest absolute Gasteiger partial charge is 0.259 e. The topological polar surface area (TPSA) is 67.0 Å². The molecule has 0 radical (unpaired) electrons. The summed E-state index contributed by atoms with van der Waals surface area (Å²) >= 11 is 7.56. The molecule has 7 heteroatoms. The van der Waals surface area contributed by atoms with E-state index in [1.54, 1.807) is 23.5 Å². The van der Waals surface area contributed by atoms with Crippen molar-refractivity contribution in [3.8, 4) is 5.75 Å². The Morgan fingerprint density at radius 2 is 2.18 bits per heavy atom. The maximum Gasteiger partial charge on any atom is 0.259 e. The Balaban J connectivity index is 1.42. The number of aromatic amines is 1. The number of H-pyrrole nitrogens is 1. The summed E-state index contributed by atoms with van der Waals surface area (Å²) < 4.78 is 5.69. The van der Waals surface area contributed by atoms with E-state index in [4.69, 9.17) is 21.3 Å². The molecule has 0 amide bonds. The number of benzene rings is 1. The van der Waals surface area contributed by atoms with E-state index in [0.717, 1.165) is 35.2 Å². The molecule has 0 bridgehead atoms. The summed E-state index contributed by atoms with van der Waals surface area (Å²) in [6, 6.07) is 7.23. The van der Waals surface area contributed by atoms with Gasteiger partial charge in [-0.05, 0) is 61.9 Å². The molecule has 1 aliphatic carbocycles. The van der Waals surface area contributed by atoms with Crippen molar-refractivity contribution >= 4 is 33.2 Å². The SMILES string of the molecule is C[C@H]1CCc2c(sc3nc([C@@H](C)NCCOc4ccc(Cl)cc4)[nH]c(=O)c23)C1. The number of fused-ring (bicyclic) bond motifs is 3. The summed E-state index contributed by atoms with van der Waals surface area (Å²) in [4.78, 5) is 22.6. The van der Waals surface area contributed by atoms with Gasteiger partial charge in [-0.2, -0.15) is 0 Å². The van der Waals surface area contributed by atoms with Gasteiger partial charge in [-0.25, -0.2) is 4.98 Å². The number of halogens is 1. The molecule has 2 heterocycles. The first-order chi connectivity index (χ1) is 13.5. The zero-order chi connectivity index (χ0) is 19.7. The maximum absolute atomic E-state index is 12.7. The van der Waals surface area contributed by atoms with Crippen LogP contribution in [0.1, 0.15) is 42.6 Å². The van der Waals surface area contributed by atoms with Crippen LogP contribution in [-0.4, -0.2) is 23.1 Å². The fourth-order valence-electron chi connectivity index (χ4n) is 3.64. The standard InChI is InChI=1S/C21H24ClN3O2S/c1-12-3-8-16-17(11-12)28-21-18(16)20(26)24-19(25-21)13(2)23-9-10-27-15-6-4-14(22)5-7-15/h4-7,12-13,23H,3,8-11H2,1-2H3,(H,24,25,26)/t12-,13+/m0/s1. The second kappa shape index (κ2) is 8.23. The van der Waals surface area contributed by atoms with Crippen molar-refractivity contribution in [2.75, 3.05) is 13.2 Å². The molecule has 0 fully saturated rings. The second-order valence-corrected chi connectivity index (χ2v) is 8.98. The third-order valence-electron chi connectivity index (χ3n) is 5.23. The number of hydrogen-bond acceptors (Lipinski definition) is 5. The third-order valence-corrected chi connectivity index (χ3v) is 6.63. The van der Waals surface area contributed by atoms with Crippen LogP contribution < -0.4 is 15.6 Å². The van der Waals surface area contributed by atoms with E-state index < -0.39 is 0 Å². The predicted molar refractivity (Wildman–Crippen MR) is 115 cm³/mol. The van der Waals surface area contributed by atoms with Gasteiger partial charge in [0.1, 0.15) is 23.0 Å². The van der Waals surface area contributed by atoms with Crippen molar-refractivity contribution in [1.29, 1.82) is 0 Å². The zero-order valence-electron chi connectivity index (χ0n) is 16.0. The average molecular weight is 418 g/mol. The number of aryl methyl sites for hydroxylation is 1. The fraction of sp³-hybridized carbons (Fsp3) is 0.429. The minimum Gasteiger partial charge on any atom is -0.492 e. The van der Waals surface area contributed by atoms with E-state index in [2.05, 4.69) is 17.2 Å². The van der Waals surface area contributed by atoms with Crippen molar-refractivity contribution < 1.29 is 4.74 Å². The number of hydrogen-bond donors (Lipinski definition) is 2. The van der Waals surface area contributed by atoms with E-state index in [0.29, 0.717) is 29.9 Å². The van der Waals surface area contributed by atoms with Crippen molar-refractivity contribution in [2.24, 2.45) is 5.92 Å². The molecule has 2 aromatic heterocycles. The Morgan fingerprint density at radius 3 is 2.96 bits per heavy atom. The van der Waals surface area contributed by atoms with Crippen LogP contribution in [0.3, 0.4) is 0 Å². The maximum atomic E-state index is 12.7. The molecule has 2 atom stereocenters. The number of nitrogens with one attached hydrogen (secondary N) is 2. The van der Waals surface area contributed by atoms with Crippen LogP contribution in [0.2, 0.25) is 5.02 Å².